The molecule has 534 valence electrons. The highest BCUT2D eigenvalue weighted by Crippen LogP contribution is 2.55. The molecule has 7 rings (SSSR count). The second-order valence-corrected chi connectivity index (χ2v) is 27.9. The van der Waals surface area contributed by atoms with Gasteiger partial charge in [-0.05, 0) is 137 Å². The monoisotopic (exact) mass is 1410 g/mol. The first-order valence-electron chi connectivity index (χ1n) is 30.3. The van der Waals surface area contributed by atoms with Crippen LogP contribution in [0.25, 0.3) is 11.3 Å². The van der Waals surface area contributed by atoms with Crippen molar-refractivity contribution in [2.75, 3.05) is 51.7 Å². The number of carbonyl (C=O) groups excluding carboxylic acids is 4. The molecule has 0 aliphatic carbocycles. The third kappa shape index (κ3) is 20.2. The number of aromatic nitrogens is 3. The predicted octanol–water partition coefficient (Wildman–Crippen LogP) is 10.4. The van der Waals surface area contributed by atoms with Crippen molar-refractivity contribution in [1.82, 2.24) is 46.0 Å². The SMILES string of the molecule is COC(=O)N[C@H](C(=O)NN(Cc1c(F)cc(-c2ccn(C(F)F)n2)cc1F)C[C@H](OC(=O)OCOP(=O)(OC(C)(C)C)OC(C)(C)C)[C@H](Cc1ccc(C#Cc2ccc(N3CC4CCC(C3)N4C3COC3)nc2)cc1)NC(=O)[C@@H](NC(=O)O)C(C)(C)C(F)(F)F)C(C)(C)C(F)(F)F. The van der Waals surface area contributed by atoms with E-state index in [9.17, 15) is 68.8 Å². The average Bonchev–Trinajstić information content (AvgIpc) is 1.76. The van der Waals surface area contributed by atoms with Gasteiger partial charge in [-0.2, -0.15) is 40.2 Å². The van der Waals surface area contributed by atoms with Gasteiger partial charge in [0.15, 0.2) is 0 Å². The number of benzene rings is 2. The molecule has 2 bridgehead atoms. The Morgan fingerprint density at radius 1 is 0.763 bits per heavy atom. The van der Waals surface area contributed by atoms with E-state index in [1.807, 2.05) is 11.5 Å². The highest BCUT2D eigenvalue weighted by Gasteiger charge is 2.58. The standard InChI is InChI=1S/C62H77F10N10O14P/c1-57(2,3)95-97(89,96-58(4,5)6)93-34-92-56(88)94-47(31-80(78-52(84)50(76-55(87)90-11)60(9,10)62(70,71)72)30-42-43(63)25-38(26-44(42)64)45-22-23-81(77-45)53(65)66)46(74-51(83)49(75-54(85)86)59(7,8)61(67,68)69)24-36-15-12-35(13-16-36)14-17-37-18-21-48(73-27-37)79-28-39-19-20-40(29-79)82(39)41-32-91-33-41/h12-13,15-16,18,21-23,25-27,39-41,46-47,49-50,53,75H,19-20,24,28-34H2,1-11H3,(H,74,83)(H,76,87)(H,78,84)(H,85,86)/t39?,40?,46-,47-,49+,50+/m0/s1. The molecular weight excluding hydrogens is 1330 g/mol. The third-order valence-corrected chi connectivity index (χ3v) is 18.0. The van der Waals surface area contributed by atoms with Crippen LogP contribution >= 0.6 is 7.82 Å². The van der Waals surface area contributed by atoms with Crippen LogP contribution in [-0.2, 0) is 59.6 Å². The average molecular weight is 1410 g/mol. The number of amides is 4. The minimum Gasteiger partial charge on any atom is -0.465 e. The molecule has 2 unspecified atom stereocenters. The number of hydrogen-bond acceptors (Lipinski definition) is 18. The van der Waals surface area contributed by atoms with Crippen molar-refractivity contribution in [3.8, 4) is 23.1 Å². The van der Waals surface area contributed by atoms with Crippen LogP contribution in [0.5, 0.6) is 0 Å². The zero-order valence-electron chi connectivity index (χ0n) is 54.7. The molecule has 0 spiro atoms. The van der Waals surface area contributed by atoms with Crippen molar-refractivity contribution >= 4 is 43.8 Å². The maximum absolute atomic E-state index is 16.6. The maximum atomic E-state index is 16.6. The van der Waals surface area contributed by atoms with Crippen LogP contribution in [0.3, 0.4) is 0 Å². The molecule has 5 heterocycles. The van der Waals surface area contributed by atoms with Crippen LogP contribution in [0.4, 0.5) is 64.1 Å². The van der Waals surface area contributed by atoms with Crippen LogP contribution in [0.15, 0.2) is 67.0 Å². The highest BCUT2D eigenvalue weighted by atomic mass is 31.2. The van der Waals surface area contributed by atoms with Crippen molar-refractivity contribution in [2.45, 2.75) is 168 Å². The molecule has 3 aliphatic heterocycles. The van der Waals surface area contributed by atoms with Gasteiger partial charge in [0, 0.05) is 66.4 Å². The van der Waals surface area contributed by atoms with Crippen molar-refractivity contribution in [3.05, 3.63) is 101 Å². The summed E-state index contributed by atoms with van der Waals surface area (Å²) >= 11 is 0. The molecule has 0 radical (unpaired) electrons. The Labute approximate surface area is 552 Å². The smallest absolute Gasteiger partial charge is 0.465 e. The predicted molar refractivity (Wildman–Crippen MR) is 326 cm³/mol. The topological polar surface area (TPSA) is 276 Å². The summed E-state index contributed by atoms with van der Waals surface area (Å²) in [6.07, 6.45) is -14.9. The summed E-state index contributed by atoms with van der Waals surface area (Å²) < 4.78 is 201. The number of pyridine rings is 1. The Bertz CT molecular complexity index is 3500. The van der Waals surface area contributed by atoms with Gasteiger partial charge in [-0.1, -0.05) is 24.0 Å². The zero-order valence-corrected chi connectivity index (χ0v) is 55.6. The first kappa shape index (κ1) is 76.6. The molecule has 3 fully saturated rings. The Kier molecular flexibility index (Phi) is 24.1. The summed E-state index contributed by atoms with van der Waals surface area (Å²) in [6.45, 7) is 6.45. The lowest BCUT2D eigenvalue weighted by Crippen LogP contribution is -2.64. The Balaban J connectivity index is 1.31. The molecule has 0 saturated carbocycles. The van der Waals surface area contributed by atoms with Gasteiger partial charge in [-0.3, -0.25) is 29.0 Å². The Morgan fingerprint density at radius 2 is 1.32 bits per heavy atom. The Morgan fingerprint density at radius 3 is 1.80 bits per heavy atom. The number of phosphoric acid groups is 1. The van der Waals surface area contributed by atoms with Gasteiger partial charge in [-0.25, -0.2) is 46.9 Å². The molecule has 2 aromatic heterocycles. The summed E-state index contributed by atoms with van der Waals surface area (Å²) in [7, 11) is -3.99. The summed E-state index contributed by atoms with van der Waals surface area (Å²) in [6, 6.07) is 5.12. The van der Waals surface area contributed by atoms with E-state index in [2.05, 4.69) is 41.8 Å². The molecule has 97 heavy (non-hydrogen) atoms. The van der Waals surface area contributed by atoms with Gasteiger partial charge < -0.3 is 44.9 Å². The number of nitrogens with zero attached hydrogens (tertiary/aromatic N) is 6. The normalized spacial score (nSPS) is 17.9. The van der Waals surface area contributed by atoms with E-state index >= 15 is 8.78 Å². The third-order valence-electron chi connectivity index (χ3n) is 16.0. The van der Waals surface area contributed by atoms with Gasteiger partial charge in [0.05, 0.1) is 66.7 Å². The van der Waals surface area contributed by atoms with E-state index in [0.29, 0.717) is 87.3 Å². The summed E-state index contributed by atoms with van der Waals surface area (Å²) in [5.74, 6) is 0.0971. The summed E-state index contributed by atoms with van der Waals surface area (Å²) in [5, 5.41) is 19.4. The van der Waals surface area contributed by atoms with Crippen LogP contribution < -0.4 is 26.3 Å². The summed E-state index contributed by atoms with van der Waals surface area (Å²) in [4.78, 5) is 77.6. The number of alkyl carbamates (subject to hydrolysis) is 1. The molecule has 4 amide bonds. The number of carbonyl (C=O) groups is 5. The first-order valence-corrected chi connectivity index (χ1v) is 31.7. The Hall–Kier alpha value is -7.80. The number of nitrogens with one attached hydrogen (secondary N) is 4. The highest BCUT2D eigenvalue weighted by molar-refractivity contribution is 7.48. The molecule has 3 aliphatic rings. The van der Waals surface area contributed by atoms with Crippen LogP contribution in [0.1, 0.15) is 111 Å². The number of hydrazine groups is 1. The van der Waals surface area contributed by atoms with Crippen molar-refractivity contribution in [3.63, 3.8) is 0 Å². The fraction of sp³-hybridized carbons (Fsp3) is 0.565. The number of anilines is 1. The molecule has 5 N–H and O–H groups in total. The van der Waals surface area contributed by atoms with Crippen LogP contribution in [0.2, 0.25) is 0 Å². The van der Waals surface area contributed by atoms with Crippen molar-refractivity contribution in [1.29, 1.82) is 0 Å². The summed E-state index contributed by atoms with van der Waals surface area (Å²) in [5.41, 5.74) is -7.95. The van der Waals surface area contributed by atoms with E-state index in [0.717, 1.165) is 51.1 Å². The van der Waals surface area contributed by atoms with Crippen molar-refractivity contribution in [2.24, 2.45) is 10.8 Å². The fourth-order valence-electron chi connectivity index (χ4n) is 10.8. The number of hydrogen-bond donors (Lipinski definition) is 5. The van der Waals surface area contributed by atoms with E-state index in [1.54, 1.807) is 22.9 Å². The van der Waals surface area contributed by atoms with Crippen LogP contribution in [-0.4, -0.2) is 173 Å². The van der Waals surface area contributed by atoms with E-state index in [1.165, 1.54) is 65.8 Å². The molecule has 24 nitrogen and oxygen atoms in total. The van der Waals surface area contributed by atoms with Gasteiger partial charge >= 0.3 is 45.1 Å². The van der Waals surface area contributed by atoms with E-state index < -0.39 is 152 Å². The second kappa shape index (κ2) is 30.5. The number of phosphoric ester groups is 1. The lowest BCUT2D eigenvalue weighted by molar-refractivity contribution is -0.221. The van der Waals surface area contributed by atoms with E-state index in [4.69, 9.17) is 27.8 Å². The molecule has 2 aromatic carbocycles. The number of rotatable bonds is 25. The van der Waals surface area contributed by atoms with Crippen molar-refractivity contribution < 1.29 is 110 Å². The van der Waals surface area contributed by atoms with Crippen LogP contribution in [0, 0.1) is 34.3 Å². The largest absolute Gasteiger partial charge is 0.510 e. The molecule has 3 saturated heterocycles. The zero-order chi connectivity index (χ0) is 72.0. The maximum Gasteiger partial charge on any atom is 0.510 e. The minimum absolute atomic E-state index is 0.107. The lowest BCUT2D eigenvalue weighted by atomic mass is 9.82. The van der Waals surface area contributed by atoms with E-state index in [-0.39, 0.29) is 15.9 Å². The number of alkyl halides is 8. The van der Waals surface area contributed by atoms with Gasteiger partial charge in [-0.15, -0.1) is 0 Å². The quantitative estimate of drug-likeness (QED) is 0.0103. The number of fused-ring (bicyclic) bond motifs is 2. The number of methoxy groups -OCH3 is 1. The number of carboxylic acid groups (broad SMARTS) is 1. The molecule has 6 atom stereocenters. The van der Waals surface area contributed by atoms with Gasteiger partial charge in [0.1, 0.15) is 35.6 Å². The lowest BCUT2D eigenvalue weighted by Gasteiger charge is -2.47. The van der Waals surface area contributed by atoms with Gasteiger partial charge in [0.2, 0.25) is 12.7 Å². The molecule has 35 heteroatoms. The molecule has 4 aromatic rings. The number of halogens is 10. The fourth-order valence-corrected chi connectivity index (χ4v) is 12.4. The minimum atomic E-state index is -5.36. The first-order chi connectivity index (χ1) is 45.0. The van der Waals surface area contributed by atoms with Gasteiger partial charge in [0.25, 0.3) is 5.91 Å². The molecular formula is C62H77F10N10O14P. The second-order valence-electron chi connectivity index (χ2n) is 26.4. The number of piperazine rings is 1. The number of ether oxygens (including phenoxy) is 4.